The van der Waals surface area contributed by atoms with Crippen LogP contribution in [0.3, 0.4) is 0 Å². The summed E-state index contributed by atoms with van der Waals surface area (Å²) in [7, 11) is 0. The zero-order valence-electron chi connectivity index (χ0n) is 18.7. The fraction of sp³-hybridized carbons (Fsp3) is 0.391. The van der Waals surface area contributed by atoms with Crippen molar-refractivity contribution in [1.29, 1.82) is 0 Å². The van der Waals surface area contributed by atoms with E-state index in [2.05, 4.69) is 25.7 Å². The second kappa shape index (κ2) is 9.87. The minimum Gasteiger partial charge on any atom is -0.370 e. The normalized spacial score (nSPS) is 17.3. The molecule has 0 radical (unpaired) electrons. The predicted molar refractivity (Wildman–Crippen MR) is 132 cm³/mol. The van der Waals surface area contributed by atoms with Crippen LogP contribution in [0.25, 0.3) is 11.3 Å². The van der Waals surface area contributed by atoms with Crippen molar-refractivity contribution < 1.29 is 9.53 Å². The highest BCUT2D eigenvalue weighted by atomic mass is 35.5. The van der Waals surface area contributed by atoms with Gasteiger partial charge in [0.05, 0.1) is 41.3 Å². The van der Waals surface area contributed by atoms with E-state index in [1.165, 1.54) is 0 Å². The largest absolute Gasteiger partial charge is 0.370 e. The average Bonchev–Trinajstić information content (AvgIpc) is 3.23. The lowest BCUT2D eigenvalue weighted by Crippen LogP contribution is -2.41. The van der Waals surface area contributed by atoms with Gasteiger partial charge in [0.2, 0.25) is 5.95 Å². The van der Waals surface area contributed by atoms with Gasteiger partial charge < -0.3 is 20.3 Å². The lowest BCUT2D eigenvalue weighted by atomic mass is 10.1. The number of nitrogens with zero attached hydrogens (tertiary/aromatic N) is 5. The van der Waals surface area contributed by atoms with E-state index < -0.39 is 0 Å². The van der Waals surface area contributed by atoms with E-state index >= 15 is 0 Å². The number of hydrogen-bond donors (Lipinski definition) is 2. The molecule has 2 aliphatic heterocycles. The number of benzene rings is 1. The van der Waals surface area contributed by atoms with Crippen LogP contribution >= 0.6 is 23.2 Å². The van der Waals surface area contributed by atoms with E-state index in [0.717, 1.165) is 42.9 Å². The van der Waals surface area contributed by atoms with Gasteiger partial charge in [0, 0.05) is 17.9 Å². The van der Waals surface area contributed by atoms with Crippen molar-refractivity contribution in [2.75, 3.05) is 43.1 Å². The van der Waals surface area contributed by atoms with Gasteiger partial charge in [0.25, 0.3) is 5.91 Å². The molecule has 4 heterocycles. The molecule has 2 aliphatic rings. The molecule has 1 aromatic carbocycles. The first kappa shape index (κ1) is 23.0. The third-order valence-corrected chi connectivity index (χ3v) is 6.80. The standard InChI is InChI=1S/C23H25Cl2N7O2/c1-14-10-16(31-8-9-34-13-20(31)33)2-3-19(14)29-23-27-12-18(24)21(30-23)17-11-28-32(22(17)25)15-4-6-26-7-5-15/h2-3,10-12,15,26H,4-9,13H2,1H3,(H,27,29,30). The molecule has 9 nitrogen and oxygen atoms in total. The zero-order chi connectivity index (χ0) is 23.7. The topological polar surface area (TPSA) is 97.2 Å². The summed E-state index contributed by atoms with van der Waals surface area (Å²) in [6.45, 7) is 5.03. The molecule has 0 aliphatic carbocycles. The number of halogens is 2. The van der Waals surface area contributed by atoms with Crippen molar-refractivity contribution >= 4 is 46.4 Å². The van der Waals surface area contributed by atoms with Gasteiger partial charge in [-0.1, -0.05) is 23.2 Å². The molecule has 1 amide bonds. The number of aryl methyl sites for hydroxylation is 1. The Morgan fingerprint density at radius 2 is 2.03 bits per heavy atom. The molecule has 178 valence electrons. The maximum absolute atomic E-state index is 12.1. The highest BCUT2D eigenvalue weighted by Gasteiger charge is 2.23. The fourth-order valence-electron chi connectivity index (χ4n) is 4.30. The van der Waals surface area contributed by atoms with Crippen LogP contribution in [0.5, 0.6) is 0 Å². The number of carbonyl (C=O) groups excluding carboxylic acids is 1. The number of rotatable bonds is 5. The van der Waals surface area contributed by atoms with Gasteiger partial charge in [0.15, 0.2) is 0 Å². The van der Waals surface area contributed by atoms with Gasteiger partial charge in [-0.25, -0.2) is 9.97 Å². The number of hydrogen-bond acceptors (Lipinski definition) is 7. The molecule has 5 rings (SSSR count). The first-order valence-corrected chi connectivity index (χ1v) is 12.0. The molecule has 0 spiro atoms. The summed E-state index contributed by atoms with van der Waals surface area (Å²) in [5, 5.41) is 12.0. The Hall–Kier alpha value is -2.72. The first-order chi connectivity index (χ1) is 16.5. The number of amides is 1. The molecule has 11 heteroatoms. The van der Waals surface area contributed by atoms with Crippen LogP contribution in [0, 0.1) is 6.92 Å². The van der Waals surface area contributed by atoms with Gasteiger partial charge in [0.1, 0.15) is 11.8 Å². The molecule has 2 saturated heterocycles. The highest BCUT2D eigenvalue weighted by molar-refractivity contribution is 6.35. The second-order valence-electron chi connectivity index (χ2n) is 8.39. The van der Waals surface area contributed by atoms with Crippen LogP contribution in [0.1, 0.15) is 24.4 Å². The molecule has 0 unspecified atom stereocenters. The Balaban J connectivity index is 1.38. The molecule has 0 saturated carbocycles. The number of morpholine rings is 1. The van der Waals surface area contributed by atoms with Gasteiger partial charge >= 0.3 is 0 Å². The number of anilines is 3. The highest BCUT2D eigenvalue weighted by Crippen LogP contribution is 2.35. The summed E-state index contributed by atoms with van der Waals surface area (Å²) in [4.78, 5) is 22.9. The summed E-state index contributed by atoms with van der Waals surface area (Å²) < 4.78 is 7.08. The van der Waals surface area contributed by atoms with Crippen LogP contribution in [0.2, 0.25) is 10.2 Å². The summed E-state index contributed by atoms with van der Waals surface area (Å²) in [6.07, 6.45) is 5.20. The predicted octanol–water partition coefficient (Wildman–Crippen LogP) is 3.99. The number of aromatic nitrogens is 4. The minimum atomic E-state index is -0.0426. The monoisotopic (exact) mass is 501 g/mol. The second-order valence-corrected chi connectivity index (χ2v) is 9.15. The van der Waals surface area contributed by atoms with Crippen LogP contribution in [-0.2, 0) is 9.53 Å². The molecule has 2 aromatic heterocycles. The molecule has 0 atom stereocenters. The SMILES string of the molecule is Cc1cc(N2CCOCC2=O)ccc1Nc1ncc(Cl)c(-c2cnn(C3CCNCC3)c2Cl)n1. The van der Waals surface area contributed by atoms with Crippen molar-refractivity contribution in [2.45, 2.75) is 25.8 Å². The maximum atomic E-state index is 12.1. The molecule has 3 aromatic rings. The molecular weight excluding hydrogens is 477 g/mol. The quantitative estimate of drug-likeness (QED) is 0.545. The Kier molecular flexibility index (Phi) is 6.69. The Morgan fingerprint density at radius 3 is 2.79 bits per heavy atom. The third-order valence-electron chi connectivity index (χ3n) is 6.14. The number of carbonyl (C=O) groups is 1. The fourth-order valence-corrected chi connectivity index (χ4v) is 4.81. The van der Waals surface area contributed by atoms with E-state index in [1.807, 2.05) is 29.8 Å². The lowest BCUT2D eigenvalue weighted by Gasteiger charge is -2.27. The summed E-state index contributed by atoms with van der Waals surface area (Å²) >= 11 is 13.2. The van der Waals surface area contributed by atoms with E-state index in [-0.39, 0.29) is 18.6 Å². The van der Waals surface area contributed by atoms with Crippen LogP contribution < -0.4 is 15.5 Å². The Bertz CT molecular complexity index is 1210. The van der Waals surface area contributed by atoms with Gasteiger partial charge in [-0.05, 0) is 56.6 Å². The first-order valence-electron chi connectivity index (χ1n) is 11.2. The van der Waals surface area contributed by atoms with Gasteiger partial charge in [-0.2, -0.15) is 5.10 Å². The average molecular weight is 502 g/mol. The zero-order valence-corrected chi connectivity index (χ0v) is 20.2. The van der Waals surface area contributed by atoms with Crippen LogP contribution in [0.4, 0.5) is 17.3 Å². The van der Waals surface area contributed by atoms with Crippen molar-refractivity contribution in [2.24, 2.45) is 0 Å². The van der Waals surface area contributed by atoms with Crippen molar-refractivity contribution in [1.82, 2.24) is 25.1 Å². The molecular formula is C23H25Cl2N7O2. The number of ether oxygens (including phenoxy) is 1. The van der Waals surface area contributed by atoms with Crippen molar-refractivity contribution in [3.8, 4) is 11.3 Å². The molecule has 34 heavy (non-hydrogen) atoms. The van der Waals surface area contributed by atoms with Crippen LogP contribution in [0.15, 0.2) is 30.6 Å². The summed E-state index contributed by atoms with van der Waals surface area (Å²) in [6, 6.07) is 6.02. The van der Waals surface area contributed by atoms with Crippen molar-refractivity contribution in [3.63, 3.8) is 0 Å². The summed E-state index contributed by atoms with van der Waals surface area (Å²) in [5.41, 5.74) is 3.82. The number of nitrogens with one attached hydrogen (secondary N) is 2. The van der Waals surface area contributed by atoms with Gasteiger partial charge in [-0.15, -0.1) is 0 Å². The van der Waals surface area contributed by atoms with Crippen LogP contribution in [-0.4, -0.2) is 58.5 Å². The molecule has 2 fully saturated rings. The van der Waals surface area contributed by atoms with Gasteiger partial charge in [-0.3, -0.25) is 9.48 Å². The molecule has 0 bridgehead atoms. The van der Waals surface area contributed by atoms with E-state index in [9.17, 15) is 4.79 Å². The smallest absolute Gasteiger partial charge is 0.253 e. The van der Waals surface area contributed by atoms with Crippen molar-refractivity contribution in [3.05, 3.63) is 46.3 Å². The third kappa shape index (κ3) is 4.61. The Morgan fingerprint density at radius 1 is 1.21 bits per heavy atom. The van der Waals surface area contributed by atoms with E-state index in [1.54, 1.807) is 17.3 Å². The lowest BCUT2D eigenvalue weighted by molar-refractivity contribution is -0.125. The maximum Gasteiger partial charge on any atom is 0.253 e. The summed E-state index contributed by atoms with van der Waals surface area (Å²) in [5.74, 6) is 0.349. The minimum absolute atomic E-state index is 0.0426. The van der Waals surface area contributed by atoms with E-state index in [4.69, 9.17) is 27.9 Å². The number of piperidine rings is 1. The Labute approximate surface area is 207 Å². The molecule has 2 N–H and O–H groups in total. The van der Waals surface area contributed by atoms with E-state index in [0.29, 0.717) is 40.5 Å².